The third-order valence-electron chi connectivity index (χ3n) is 3.84. The molecular weight excluding hydrogens is 378 g/mol. The molecule has 2 aromatic carbocycles. The van der Waals surface area contributed by atoms with Crippen LogP contribution in [-0.4, -0.2) is 23.4 Å². The molecule has 1 amide bonds. The zero-order valence-electron chi connectivity index (χ0n) is 15.3. The molecule has 0 saturated carbocycles. The Morgan fingerprint density at radius 1 is 1.07 bits per heavy atom. The van der Waals surface area contributed by atoms with Crippen molar-refractivity contribution in [1.82, 2.24) is 0 Å². The molecule has 1 saturated heterocycles. The number of thiocarbonyl (C=S) groups is 1. The average Bonchev–Trinajstić information content (AvgIpc) is 2.95. The van der Waals surface area contributed by atoms with Crippen molar-refractivity contribution < 1.29 is 14.3 Å². The van der Waals surface area contributed by atoms with Crippen LogP contribution >= 0.6 is 24.0 Å². The second-order valence-corrected chi connectivity index (χ2v) is 7.52. The van der Waals surface area contributed by atoms with Crippen molar-refractivity contribution in [2.24, 2.45) is 0 Å². The first-order valence-corrected chi connectivity index (χ1v) is 10.1. The second-order valence-electron chi connectivity index (χ2n) is 5.84. The lowest BCUT2D eigenvalue weighted by molar-refractivity contribution is -0.113. The fourth-order valence-electron chi connectivity index (χ4n) is 2.63. The topological polar surface area (TPSA) is 38.8 Å². The van der Waals surface area contributed by atoms with Gasteiger partial charge in [0.05, 0.1) is 23.8 Å². The van der Waals surface area contributed by atoms with E-state index in [9.17, 15) is 4.79 Å². The molecule has 1 fully saturated rings. The first-order chi connectivity index (χ1) is 13.1. The fourth-order valence-corrected chi connectivity index (χ4v) is 3.93. The Bertz CT molecular complexity index is 865. The Morgan fingerprint density at radius 2 is 1.85 bits per heavy atom. The van der Waals surface area contributed by atoms with Crippen LogP contribution in [0, 0.1) is 0 Å². The number of hydrogen-bond acceptors (Lipinski definition) is 5. The minimum atomic E-state index is -0.111. The summed E-state index contributed by atoms with van der Waals surface area (Å²) < 4.78 is 12.0. The molecule has 0 radical (unpaired) electrons. The zero-order valence-corrected chi connectivity index (χ0v) is 16.9. The normalized spacial score (nSPS) is 15.5. The molecule has 0 aromatic heterocycles. The molecule has 0 unspecified atom stereocenters. The molecule has 6 heteroatoms. The van der Waals surface area contributed by atoms with E-state index in [2.05, 4.69) is 6.92 Å². The highest BCUT2D eigenvalue weighted by atomic mass is 32.2. The van der Waals surface area contributed by atoms with Crippen molar-refractivity contribution in [2.45, 2.75) is 20.3 Å². The molecule has 140 valence electrons. The van der Waals surface area contributed by atoms with E-state index < -0.39 is 0 Å². The SMILES string of the molecule is CCCOc1ccc(/C=C2\SC(=S)N(c3ccccc3)C2=O)cc1OCC. The number of ether oxygens (including phenoxy) is 2. The van der Waals surface area contributed by atoms with Gasteiger partial charge in [-0.15, -0.1) is 0 Å². The van der Waals surface area contributed by atoms with Gasteiger partial charge in [0.1, 0.15) is 0 Å². The summed E-state index contributed by atoms with van der Waals surface area (Å²) in [5.41, 5.74) is 1.65. The highest BCUT2D eigenvalue weighted by Crippen LogP contribution is 2.37. The molecule has 3 rings (SSSR count). The van der Waals surface area contributed by atoms with Crippen molar-refractivity contribution >= 4 is 46.0 Å². The molecule has 0 spiro atoms. The van der Waals surface area contributed by atoms with E-state index in [0.717, 1.165) is 17.7 Å². The maximum atomic E-state index is 12.8. The smallest absolute Gasteiger partial charge is 0.270 e. The molecule has 1 aliphatic heterocycles. The van der Waals surface area contributed by atoms with Crippen LogP contribution < -0.4 is 14.4 Å². The first-order valence-electron chi connectivity index (χ1n) is 8.86. The van der Waals surface area contributed by atoms with Crippen LogP contribution in [0.3, 0.4) is 0 Å². The standard InChI is InChI=1S/C21H21NO3S2/c1-3-12-25-17-11-10-15(13-18(17)24-4-2)14-19-20(23)22(21(26)27-19)16-8-6-5-7-9-16/h5-11,13-14H,3-4,12H2,1-2H3/b19-14-. The second kappa shape index (κ2) is 9.06. The summed E-state index contributed by atoms with van der Waals surface area (Å²) in [6.45, 7) is 5.17. The lowest BCUT2D eigenvalue weighted by atomic mass is 10.1. The van der Waals surface area contributed by atoms with E-state index in [-0.39, 0.29) is 5.91 Å². The quantitative estimate of drug-likeness (QED) is 0.468. The summed E-state index contributed by atoms with van der Waals surface area (Å²) >= 11 is 6.72. The number of rotatable bonds is 7. The number of thioether (sulfide) groups is 1. The fraction of sp³-hybridized carbons (Fsp3) is 0.238. The van der Waals surface area contributed by atoms with E-state index in [1.54, 1.807) is 4.90 Å². The number of benzene rings is 2. The van der Waals surface area contributed by atoms with Crippen LogP contribution in [0.25, 0.3) is 6.08 Å². The van der Waals surface area contributed by atoms with E-state index in [4.69, 9.17) is 21.7 Å². The van der Waals surface area contributed by atoms with Gasteiger partial charge in [-0.05, 0) is 49.2 Å². The molecule has 0 atom stereocenters. The number of para-hydroxylation sites is 1. The summed E-state index contributed by atoms with van der Waals surface area (Å²) in [5.74, 6) is 1.28. The van der Waals surface area contributed by atoms with Gasteiger partial charge in [-0.3, -0.25) is 9.69 Å². The maximum Gasteiger partial charge on any atom is 0.270 e. The summed E-state index contributed by atoms with van der Waals surface area (Å²) in [5, 5.41) is 0. The first kappa shape index (κ1) is 19.5. The number of carbonyl (C=O) groups is 1. The average molecular weight is 400 g/mol. The molecule has 2 aromatic rings. The van der Waals surface area contributed by atoms with Crippen LogP contribution in [0.5, 0.6) is 11.5 Å². The molecule has 27 heavy (non-hydrogen) atoms. The Hall–Kier alpha value is -2.31. The van der Waals surface area contributed by atoms with Crippen LogP contribution in [-0.2, 0) is 4.79 Å². The van der Waals surface area contributed by atoms with E-state index in [1.807, 2.05) is 61.5 Å². The minimum Gasteiger partial charge on any atom is -0.490 e. The summed E-state index contributed by atoms with van der Waals surface area (Å²) in [4.78, 5) is 15.0. The van der Waals surface area contributed by atoms with Gasteiger partial charge in [-0.1, -0.05) is 55.2 Å². The van der Waals surface area contributed by atoms with Gasteiger partial charge in [0.2, 0.25) is 0 Å². The zero-order chi connectivity index (χ0) is 19.2. The highest BCUT2D eigenvalue weighted by Gasteiger charge is 2.33. The lowest BCUT2D eigenvalue weighted by Gasteiger charge is -2.14. The van der Waals surface area contributed by atoms with Gasteiger partial charge in [0, 0.05) is 0 Å². The number of anilines is 1. The van der Waals surface area contributed by atoms with Gasteiger partial charge in [-0.2, -0.15) is 0 Å². The third kappa shape index (κ3) is 4.51. The predicted octanol–water partition coefficient (Wildman–Crippen LogP) is 5.28. The van der Waals surface area contributed by atoms with Crippen LogP contribution in [0.2, 0.25) is 0 Å². The number of hydrogen-bond donors (Lipinski definition) is 0. The van der Waals surface area contributed by atoms with Crippen LogP contribution in [0.15, 0.2) is 53.4 Å². The van der Waals surface area contributed by atoms with Gasteiger partial charge in [0.25, 0.3) is 5.91 Å². The largest absolute Gasteiger partial charge is 0.490 e. The molecule has 0 aliphatic carbocycles. The Labute approximate surface area is 169 Å². The monoisotopic (exact) mass is 399 g/mol. The molecule has 1 heterocycles. The van der Waals surface area contributed by atoms with Crippen LogP contribution in [0.4, 0.5) is 5.69 Å². The highest BCUT2D eigenvalue weighted by molar-refractivity contribution is 8.27. The number of carbonyl (C=O) groups excluding carboxylic acids is 1. The molecular formula is C21H21NO3S2. The van der Waals surface area contributed by atoms with Gasteiger partial charge in [-0.25, -0.2) is 0 Å². The Kier molecular flexibility index (Phi) is 6.53. The van der Waals surface area contributed by atoms with Gasteiger partial charge in [0.15, 0.2) is 15.8 Å². The molecule has 0 N–H and O–H groups in total. The predicted molar refractivity (Wildman–Crippen MR) is 115 cm³/mol. The van der Waals surface area contributed by atoms with Crippen molar-refractivity contribution in [2.75, 3.05) is 18.1 Å². The van der Waals surface area contributed by atoms with Gasteiger partial charge < -0.3 is 9.47 Å². The van der Waals surface area contributed by atoms with Crippen molar-refractivity contribution in [1.29, 1.82) is 0 Å². The maximum absolute atomic E-state index is 12.8. The number of nitrogens with zero attached hydrogens (tertiary/aromatic N) is 1. The van der Waals surface area contributed by atoms with E-state index in [0.29, 0.717) is 33.9 Å². The van der Waals surface area contributed by atoms with E-state index in [1.165, 1.54) is 11.8 Å². The minimum absolute atomic E-state index is 0.111. The van der Waals surface area contributed by atoms with Crippen LogP contribution in [0.1, 0.15) is 25.8 Å². The summed E-state index contributed by atoms with van der Waals surface area (Å²) in [6.07, 6.45) is 2.77. The lowest BCUT2D eigenvalue weighted by Crippen LogP contribution is -2.27. The molecule has 1 aliphatic rings. The van der Waals surface area contributed by atoms with Crippen molar-refractivity contribution in [3.8, 4) is 11.5 Å². The molecule has 4 nitrogen and oxygen atoms in total. The summed E-state index contributed by atoms with van der Waals surface area (Å²) in [7, 11) is 0. The van der Waals surface area contributed by atoms with E-state index >= 15 is 0 Å². The van der Waals surface area contributed by atoms with Crippen molar-refractivity contribution in [3.63, 3.8) is 0 Å². The Morgan fingerprint density at radius 3 is 2.56 bits per heavy atom. The summed E-state index contributed by atoms with van der Waals surface area (Å²) in [6, 6.07) is 15.1. The molecule has 0 bridgehead atoms. The van der Waals surface area contributed by atoms with Gasteiger partial charge >= 0.3 is 0 Å². The third-order valence-corrected chi connectivity index (χ3v) is 5.14. The number of amides is 1. The Balaban J connectivity index is 1.87. The van der Waals surface area contributed by atoms with Crippen molar-refractivity contribution in [3.05, 3.63) is 59.0 Å².